The fourth-order valence-electron chi connectivity index (χ4n) is 1.73. The Morgan fingerprint density at radius 1 is 1.47 bits per heavy atom. The summed E-state index contributed by atoms with van der Waals surface area (Å²) in [7, 11) is 0. The lowest BCUT2D eigenvalue weighted by atomic mass is 9.93. The maximum Gasteiger partial charge on any atom is 0.319 e. The van der Waals surface area contributed by atoms with Gasteiger partial charge in [-0.15, -0.1) is 0 Å². The first-order chi connectivity index (χ1) is 9.10. The Morgan fingerprint density at radius 2 is 2.21 bits per heavy atom. The molecule has 1 saturated carbocycles. The van der Waals surface area contributed by atoms with Crippen molar-refractivity contribution in [2.45, 2.75) is 25.3 Å². The van der Waals surface area contributed by atoms with Crippen molar-refractivity contribution in [1.82, 2.24) is 5.32 Å². The Hall–Kier alpha value is -1.95. The number of nitrogens with two attached hydrogens (primary N) is 1. The van der Waals surface area contributed by atoms with Crippen LogP contribution in [0.3, 0.4) is 0 Å². The first-order valence-corrected chi connectivity index (χ1v) is 6.33. The highest BCUT2D eigenvalue weighted by Crippen LogP contribution is 2.23. The summed E-state index contributed by atoms with van der Waals surface area (Å²) in [6.45, 7) is 0. The van der Waals surface area contributed by atoms with Crippen molar-refractivity contribution in [1.29, 1.82) is 0 Å². The van der Waals surface area contributed by atoms with Gasteiger partial charge in [0.25, 0.3) is 0 Å². The molecule has 0 saturated heterocycles. The maximum absolute atomic E-state index is 11.7. The fourth-order valence-corrected chi connectivity index (χ4v) is 1.90. The fraction of sp³-hybridized carbons (Fsp3) is 0.333. The Labute approximate surface area is 115 Å². The van der Waals surface area contributed by atoms with Gasteiger partial charge in [-0.25, -0.2) is 4.79 Å². The molecule has 1 aromatic rings. The van der Waals surface area contributed by atoms with Gasteiger partial charge in [-0.05, 0) is 37.5 Å². The van der Waals surface area contributed by atoms with E-state index in [4.69, 9.17) is 22.5 Å². The van der Waals surface area contributed by atoms with Crippen LogP contribution in [0.25, 0.3) is 0 Å². The molecule has 7 heteroatoms. The van der Waals surface area contributed by atoms with Crippen LogP contribution in [0.5, 0.6) is 0 Å². The molecule has 2 rings (SSSR count). The SMILES string of the molecule is N/C(=N/O)c1ccc(Cl)c(NC(=O)NC2CCC2)c1. The first kappa shape index (κ1) is 13.5. The van der Waals surface area contributed by atoms with Gasteiger partial charge in [-0.3, -0.25) is 0 Å². The summed E-state index contributed by atoms with van der Waals surface area (Å²) in [6, 6.07) is 4.67. The van der Waals surface area contributed by atoms with E-state index in [9.17, 15) is 4.79 Å². The zero-order valence-electron chi connectivity index (χ0n) is 10.2. The molecule has 1 aliphatic carbocycles. The number of carbonyl (C=O) groups is 1. The highest BCUT2D eigenvalue weighted by atomic mass is 35.5. The van der Waals surface area contributed by atoms with Gasteiger partial charge in [-0.1, -0.05) is 16.8 Å². The number of rotatable bonds is 3. The molecule has 0 unspecified atom stereocenters. The minimum atomic E-state index is -0.303. The summed E-state index contributed by atoms with van der Waals surface area (Å²) < 4.78 is 0. The Balaban J connectivity index is 2.07. The minimum Gasteiger partial charge on any atom is -0.409 e. The topological polar surface area (TPSA) is 99.7 Å². The molecule has 0 heterocycles. The van der Waals surface area contributed by atoms with E-state index >= 15 is 0 Å². The molecule has 1 aromatic carbocycles. The van der Waals surface area contributed by atoms with Crippen LogP contribution in [0.2, 0.25) is 5.02 Å². The normalized spacial score (nSPS) is 15.7. The quantitative estimate of drug-likeness (QED) is 0.296. The van der Waals surface area contributed by atoms with Crippen LogP contribution in [-0.2, 0) is 0 Å². The van der Waals surface area contributed by atoms with E-state index in [1.54, 1.807) is 18.2 Å². The number of hydrogen-bond acceptors (Lipinski definition) is 3. The van der Waals surface area contributed by atoms with Crippen molar-refractivity contribution in [3.05, 3.63) is 28.8 Å². The molecule has 1 aliphatic rings. The number of amidine groups is 1. The lowest BCUT2D eigenvalue weighted by molar-refractivity contribution is 0.240. The summed E-state index contributed by atoms with van der Waals surface area (Å²) in [6.07, 6.45) is 3.15. The molecule has 0 aliphatic heterocycles. The smallest absolute Gasteiger partial charge is 0.319 e. The van der Waals surface area contributed by atoms with Gasteiger partial charge >= 0.3 is 6.03 Å². The molecule has 6 nitrogen and oxygen atoms in total. The van der Waals surface area contributed by atoms with Crippen LogP contribution < -0.4 is 16.4 Å². The average Bonchev–Trinajstić information content (AvgIpc) is 2.35. The first-order valence-electron chi connectivity index (χ1n) is 5.95. The average molecular weight is 283 g/mol. The van der Waals surface area contributed by atoms with Crippen LogP contribution in [0.15, 0.2) is 23.4 Å². The summed E-state index contributed by atoms with van der Waals surface area (Å²) in [5.74, 6) is -0.0425. The third-order valence-electron chi connectivity index (χ3n) is 3.06. The molecule has 0 aromatic heterocycles. The molecule has 102 valence electrons. The van der Waals surface area contributed by atoms with Crippen LogP contribution in [-0.4, -0.2) is 23.1 Å². The lowest BCUT2D eigenvalue weighted by Gasteiger charge is -2.26. The number of oxime groups is 1. The van der Waals surface area contributed by atoms with Gasteiger partial charge in [-0.2, -0.15) is 0 Å². The maximum atomic E-state index is 11.7. The number of nitrogens with one attached hydrogen (secondary N) is 2. The van der Waals surface area contributed by atoms with Gasteiger partial charge < -0.3 is 21.6 Å². The molecule has 0 bridgehead atoms. The largest absolute Gasteiger partial charge is 0.409 e. The number of urea groups is 1. The Bertz CT molecular complexity index is 514. The highest BCUT2D eigenvalue weighted by Gasteiger charge is 2.19. The highest BCUT2D eigenvalue weighted by molar-refractivity contribution is 6.33. The van der Waals surface area contributed by atoms with Gasteiger partial charge in [0.15, 0.2) is 5.84 Å². The number of halogens is 1. The Kier molecular flexibility index (Phi) is 4.11. The second-order valence-electron chi connectivity index (χ2n) is 4.41. The summed E-state index contributed by atoms with van der Waals surface area (Å²) in [5.41, 5.74) is 6.38. The molecule has 0 atom stereocenters. The standard InChI is InChI=1S/C12H15ClN4O2/c13-9-5-4-7(11(14)17-19)6-10(9)16-12(18)15-8-2-1-3-8/h4-6,8,19H,1-3H2,(H2,14,17)(H2,15,16,18). The van der Waals surface area contributed by atoms with Crippen molar-refractivity contribution in [3.63, 3.8) is 0 Å². The summed E-state index contributed by atoms with van der Waals surface area (Å²) in [5, 5.41) is 17.4. The third kappa shape index (κ3) is 3.29. The van der Waals surface area contributed by atoms with E-state index in [2.05, 4.69) is 15.8 Å². The van der Waals surface area contributed by atoms with E-state index in [1.807, 2.05) is 0 Å². The molecule has 19 heavy (non-hydrogen) atoms. The minimum absolute atomic E-state index is 0.0425. The third-order valence-corrected chi connectivity index (χ3v) is 3.39. The predicted octanol–water partition coefficient (Wildman–Crippen LogP) is 2.11. The van der Waals surface area contributed by atoms with E-state index in [0.717, 1.165) is 19.3 Å². The van der Waals surface area contributed by atoms with Crippen molar-refractivity contribution < 1.29 is 10.0 Å². The lowest BCUT2D eigenvalue weighted by Crippen LogP contribution is -2.41. The van der Waals surface area contributed by atoms with Gasteiger partial charge in [0.1, 0.15) is 0 Å². The number of hydrogen-bond donors (Lipinski definition) is 4. The van der Waals surface area contributed by atoms with Gasteiger partial charge in [0.2, 0.25) is 0 Å². The molecule has 5 N–H and O–H groups in total. The number of benzene rings is 1. The molecule has 2 amide bonds. The van der Waals surface area contributed by atoms with Crippen LogP contribution in [0.1, 0.15) is 24.8 Å². The molecule has 0 radical (unpaired) electrons. The van der Waals surface area contributed by atoms with Crippen LogP contribution in [0.4, 0.5) is 10.5 Å². The van der Waals surface area contributed by atoms with Crippen molar-refractivity contribution in [3.8, 4) is 0 Å². The summed E-state index contributed by atoms with van der Waals surface area (Å²) in [4.78, 5) is 11.7. The molecular weight excluding hydrogens is 268 g/mol. The van der Waals surface area contributed by atoms with E-state index in [-0.39, 0.29) is 17.9 Å². The van der Waals surface area contributed by atoms with Crippen molar-refractivity contribution >= 4 is 29.2 Å². The van der Waals surface area contributed by atoms with Crippen LogP contribution in [0, 0.1) is 0 Å². The number of anilines is 1. The number of nitrogens with zero attached hydrogens (tertiary/aromatic N) is 1. The van der Waals surface area contributed by atoms with Crippen molar-refractivity contribution in [2.24, 2.45) is 10.9 Å². The molecule has 1 fully saturated rings. The van der Waals surface area contributed by atoms with E-state index in [1.165, 1.54) is 0 Å². The zero-order chi connectivity index (χ0) is 13.8. The molecular formula is C12H15ClN4O2. The number of carbonyl (C=O) groups excluding carboxylic acids is 1. The second kappa shape index (κ2) is 5.79. The van der Waals surface area contributed by atoms with E-state index < -0.39 is 0 Å². The van der Waals surface area contributed by atoms with Gasteiger partial charge in [0, 0.05) is 11.6 Å². The van der Waals surface area contributed by atoms with Gasteiger partial charge in [0.05, 0.1) is 10.7 Å². The second-order valence-corrected chi connectivity index (χ2v) is 4.81. The Morgan fingerprint density at radius 3 is 2.79 bits per heavy atom. The summed E-state index contributed by atoms with van der Waals surface area (Å²) >= 11 is 5.99. The van der Waals surface area contributed by atoms with Crippen LogP contribution >= 0.6 is 11.6 Å². The molecule has 0 spiro atoms. The monoisotopic (exact) mass is 282 g/mol. The zero-order valence-corrected chi connectivity index (χ0v) is 10.9. The number of amides is 2. The van der Waals surface area contributed by atoms with E-state index in [0.29, 0.717) is 16.3 Å². The predicted molar refractivity (Wildman–Crippen MR) is 73.8 cm³/mol. The van der Waals surface area contributed by atoms with Crippen molar-refractivity contribution in [2.75, 3.05) is 5.32 Å².